The zero-order chi connectivity index (χ0) is 15.4. The Kier molecular flexibility index (Phi) is 4.64. The van der Waals surface area contributed by atoms with E-state index in [0.717, 1.165) is 30.2 Å². The molecule has 1 N–H and O–H groups in total. The van der Waals surface area contributed by atoms with Gasteiger partial charge in [0.1, 0.15) is 11.5 Å². The molecule has 0 unspecified atom stereocenters. The minimum atomic E-state index is 0.796. The van der Waals surface area contributed by atoms with Crippen molar-refractivity contribution in [3.63, 3.8) is 0 Å². The number of hydrogen-bond donors (Lipinski definition) is 1. The molecule has 0 saturated carbocycles. The first-order valence-corrected chi connectivity index (χ1v) is 7.82. The highest BCUT2D eigenvalue weighted by Crippen LogP contribution is 2.24. The Morgan fingerprint density at radius 1 is 0.818 bits per heavy atom. The maximum absolute atomic E-state index is 5.30. The summed E-state index contributed by atoms with van der Waals surface area (Å²) in [7, 11) is 3.35. The van der Waals surface area contributed by atoms with E-state index >= 15 is 0 Å². The van der Waals surface area contributed by atoms with Crippen molar-refractivity contribution in [2.75, 3.05) is 14.2 Å². The van der Waals surface area contributed by atoms with Gasteiger partial charge in [0.2, 0.25) is 0 Å². The summed E-state index contributed by atoms with van der Waals surface area (Å²) in [6, 6.07) is 12.8. The van der Waals surface area contributed by atoms with Crippen LogP contribution in [0.4, 0.5) is 0 Å². The van der Waals surface area contributed by atoms with Crippen LogP contribution in [0.1, 0.15) is 28.7 Å². The number of ether oxygens (including phenoxy) is 2. The van der Waals surface area contributed by atoms with E-state index in [0.29, 0.717) is 0 Å². The largest absolute Gasteiger partial charge is 0.497 e. The lowest BCUT2D eigenvalue weighted by atomic mass is 10.1. The van der Waals surface area contributed by atoms with Crippen LogP contribution in [0.2, 0.25) is 0 Å². The van der Waals surface area contributed by atoms with Gasteiger partial charge in [-0.25, -0.2) is 0 Å². The van der Waals surface area contributed by atoms with Gasteiger partial charge < -0.3 is 14.8 Å². The molecule has 0 heterocycles. The summed E-state index contributed by atoms with van der Waals surface area (Å²) in [6.45, 7) is 1.68. The summed E-state index contributed by atoms with van der Waals surface area (Å²) < 4.78 is 10.6. The topological polar surface area (TPSA) is 30.5 Å². The molecule has 2 aromatic carbocycles. The summed E-state index contributed by atoms with van der Waals surface area (Å²) in [5, 5.41) is 3.50. The molecule has 0 aromatic heterocycles. The molecule has 1 aliphatic rings. The Morgan fingerprint density at radius 3 is 2.23 bits per heavy atom. The van der Waals surface area contributed by atoms with Gasteiger partial charge in [0.15, 0.2) is 0 Å². The van der Waals surface area contributed by atoms with Crippen LogP contribution in [-0.2, 0) is 25.9 Å². The Balaban J connectivity index is 1.61. The van der Waals surface area contributed by atoms with E-state index in [1.165, 1.54) is 36.0 Å². The smallest absolute Gasteiger partial charge is 0.122 e. The first kappa shape index (κ1) is 14.9. The number of hydrogen-bond acceptors (Lipinski definition) is 3. The van der Waals surface area contributed by atoms with E-state index in [9.17, 15) is 0 Å². The fourth-order valence-electron chi connectivity index (χ4n) is 3.05. The zero-order valence-corrected chi connectivity index (χ0v) is 13.3. The molecule has 0 amide bonds. The molecule has 22 heavy (non-hydrogen) atoms. The third-order valence-electron chi connectivity index (χ3n) is 4.23. The number of nitrogens with one attached hydrogen (secondary N) is 1. The van der Waals surface area contributed by atoms with Crippen LogP contribution >= 0.6 is 0 Å². The molecule has 3 nitrogen and oxygen atoms in total. The Labute approximate surface area is 132 Å². The normalized spacial score (nSPS) is 13.0. The molecule has 0 spiro atoms. The molecule has 0 radical (unpaired) electrons. The summed E-state index contributed by atoms with van der Waals surface area (Å²) in [6.07, 6.45) is 3.78. The zero-order valence-electron chi connectivity index (χ0n) is 13.3. The van der Waals surface area contributed by atoms with Crippen LogP contribution < -0.4 is 14.8 Å². The molecule has 0 fully saturated rings. The lowest BCUT2D eigenvalue weighted by molar-refractivity contribution is 0.393. The van der Waals surface area contributed by atoms with Crippen LogP contribution in [-0.4, -0.2) is 14.2 Å². The molecule has 116 valence electrons. The third-order valence-corrected chi connectivity index (χ3v) is 4.23. The van der Waals surface area contributed by atoms with Crippen molar-refractivity contribution in [1.82, 2.24) is 5.32 Å². The van der Waals surface area contributed by atoms with Crippen LogP contribution in [0.25, 0.3) is 0 Å². The fraction of sp³-hybridized carbons (Fsp3) is 0.368. The van der Waals surface area contributed by atoms with Crippen LogP contribution in [0, 0.1) is 0 Å². The number of aryl methyl sites for hydroxylation is 2. The molecular weight excluding hydrogens is 274 g/mol. The predicted molar refractivity (Wildman–Crippen MR) is 88.6 cm³/mol. The second-order valence-electron chi connectivity index (χ2n) is 5.78. The molecule has 2 aromatic rings. The molecule has 3 heteroatoms. The summed E-state index contributed by atoms with van der Waals surface area (Å²) >= 11 is 0. The van der Waals surface area contributed by atoms with E-state index in [1.807, 2.05) is 18.2 Å². The average Bonchev–Trinajstić information content (AvgIpc) is 3.02. The second kappa shape index (κ2) is 6.84. The quantitative estimate of drug-likeness (QED) is 0.885. The molecule has 0 bridgehead atoms. The molecule has 1 aliphatic carbocycles. The molecule has 0 atom stereocenters. The monoisotopic (exact) mass is 297 g/mol. The number of benzene rings is 2. The van der Waals surface area contributed by atoms with Crippen molar-refractivity contribution in [2.24, 2.45) is 0 Å². The van der Waals surface area contributed by atoms with E-state index in [2.05, 4.69) is 23.5 Å². The Hall–Kier alpha value is -2.00. The minimum Gasteiger partial charge on any atom is -0.497 e. The molecule has 3 rings (SSSR count). The van der Waals surface area contributed by atoms with E-state index in [4.69, 9.17) is 9.47 Å². The first-order chi connectivity index (χ1) is 10.8. The molecule has 0 aliphatic heterocycles. The van der Waals surface area contributed by atoms with Gasteiger partial charge in [0.05, 0.1) is 14.2 Å². The summed E-state index contributed by atoms with van der Waals surface area (Å²) in [5.74, 6) is 1.65. The van der Waals surface area contributed by atoms with Gasteiger partial charge in [-0.15, -0.1) is 0 Å². The lowest BCUT2D eigenvalue weighted by Gasteiger charge is -2.10. The highest BCUT2D eigenvalue weighted by atomic mass is 16.5. The Bertz CT molecular complexity index is 630. The van der Waals surface area contributed by atoms with E-state index in [-0.39, 0.29) is 0 Å². The SMILES string of the molecule is COc1cc(CNCc2ccc3c(c2)CCC3)cc(OC)c1. The van der Waals surface area contributed by atoms with Crippen molar-refractivity contribution in [3.8, 4) is 11.5 Å². The number of rotatable bonds is 6. The van der Waals surface area contributed by atoms with Crippen molar-refractivity contribution in [3.05, 3.63) is 58.7 Å². The van der Waals surface area contributed by atoms with Gasteiger partial charge in [-0.1, -0.05) is 18.2 Å². The van der Waals surface area contributed by atoms with Gasteiger partial charge in [-0.3, -0.25) is 0 Å². The van der Waals surface area contributed by atoms with Gasteiger partial charge >= 0.3 is 0 Å². The van der Waals surface area contributed by atoms with Crippen LogP contribution in [0.15, 0.2) is 36.4 Å². The molecule has 0 saturated heterocycles. The standard InChI is InChI=1S/C19H23NO2/c1-21-18-9-15(10-19(11-18)22-2)13-20-12-14-6-7-16-4-3-5-17(16)8-14/h6-11,20H,3-5,12-13H2,1-2H3. The predicted octanol–water partition coefficient (Wildman–Crippen LogP) is 3.48. The van der Waals surface area contributed by atoms with Gasteiger partial charge in [-0.2, -0.15) is 0 Å². The molecular formula is C19H23NO2. The Morgan fingerprint density at radius 2 is 1.50 bits per heavy atom. The van der Waals surface area contributed by atoms with Crippen molar-refractivity contribution in [1.29, 1.82) is 0 Å². The lowest BCUT2D eigenvalue weighted by Crippen LogP contribution is -2.13. The average molecular weight is 297 g/mol. The minimum absolute atomic E-state index is 0.796. The fourth-order valence-corrected chi connectivity index (χ4v) is 3.05. The highest BCUT2D eigenvalue weighted by Gasteiger charge is 2.10. The third kappa shape index (κ3) is 3.42. The number of fused-ring (bicyclic) bond motifs is 1. The maximum atomic E-state index is 5.30. The van der Waals surface area contributed by atoms with E-state index < -0.39 is 0 Å². The summed E-state index contributed by atoms with van der Waals surface area (Å²) in [4.78, 5) is 0. The van der Waals surface area contributed by atoms with Crippen LogP contribution in [0.3, 0.4) is 0 Å². The first-order valence-electron chi connectivity index (χ1n) is 7.82. The van der Waals surface area contributed by atoms with Gasteiger partial charge in [0.25, 0.3) is 0 Å². The van der Waals surface area contributed by atoms with Crippen molar-refractivity contribution >= 4 is 0 Å². The van der Waals surface area contributed by atoms with Crippen molar-refractivity contribution < 1.29 is 9.47 Å². The highest BCUT2D eigenvalue weighted by molar-refractivity contribution is 5.38. The van der Waals surface area contributed by atoms with E-state index in [1.54, 1.807) is 14.2 Å². The van der Waals surface area contributed by atoms with Gasteiger partial charge in [-0.05, 0) is 53.6 Å². The van der Waals surface area contributed by atoms with Crippen molar-refractivity contribution in [2.45, 2.75) is 32.4 Å². The second-order valence-corrected chi connectivity index (χ2v) is 5.78. The van der Waals surface area contributed by atoms with Crippen LogP contribution in [0.5, 0.6) is 11.5 Å². The summed E-state index contributed by atoms with van der Waals surface area (Å²) in [5.41, 5.74) is 5.58. The maximum Gasteiger partial charge on any atom is 0.122 e. The number of methoxy groups -OCH3 is 2. The van der Waals surface area contributed by atoms with Gasteiger partial charge in [0, 0.05) is 19.2 Å².